The van der Waals surface area contributed by atoms with E-state index in [4.69, 9.17) is 9.26 Å². The number of aliphatic hydroxyl groups is 1. The van der Waals surface area contributed by atoms with Crippen LogP contribution in [-0.2, 0) is 6.61 Å². The molecule has 1 aromatic heterocycles. The van der Waals surface area contributed by atoms with Gasteiger partial charge in [-0.05, 0) is 19.4 Å². The van der Waals surface area contributed by atoms with Gasteiger partial charge in [0.2, 0.25) is 0 Å². The van der Waals surface area contributed by atoms with Crippen molar-refractivity contribution in [1.29, 1.82) is 0 Å². The molecule has 0 aliphatic rings. The fourth-order valence-electron chi connectivity index (χ4n) is 1.74. The van der Waals surface area contributed by atoms with Gasteiger partial charge in [-0.25, -0.2) is 0 Å². The van der Waals surface area contributed by atoms with E-state index in [1.807, 2.05) is 44.2 Å². The Kier molecular flexibility index (Phi) is 3.99. The second-order valence-corrected chi connectivity index (χ2v) is 4.18. The third-order valence-corrected chi connectivity index (χ3v) is 2.72. The monoisotopic (exact) mass is 247 g/mol. The van der Waals surface area contributed by atoms with Crippen LogP contribution in [0.5, 0.6) is 5.75 Å². The zero-order chi connectivity index (χ0) is 13.0. The van der Waals surface area contributed by atoms with Crippen molar-refractivity contribution in [2.45, 2.75) is 33.0 Å². The van der Waals surface area contributed by atoms with Crippen LogP contribution in [-0.4, -0.2) is 10.3 Å². The fraction of sp³-hybridized carbons (Fsp3) is 0.357. The minimum atomic E-state index is -0.500. The number of hydrogen-bond donors (Lipinski definition) is 1. The number of hydrogen-bond acceptors (Lipinski definition) is 4. The van der Waals surface area contributed by atoms with Gasteiger partial charge in [0.05, 0.1) is 6.10 Å². The van der Waals surface area contributed by atoms with Gasteiger partial charge in [-0.1, -0.05) is 30.3 Å². The largest absolute Gasteiger partial charge is 0.487 e. The molecular weight excluding hydrogens is 230 g/mol. The quantitative estimate of drug-likeness (QED) is 0.882. The summed E-state index contributed by atoms with van der Waals surface area (Å²) in [7, 11) is 0. The van der Waals surface area contributed by atoms with Crippen LogP contribution >= 0.6 is 0 Å². The van der Waals surface area contributed by atoms with E-state index in [-0.39, 0.29) is 0 Å². The van der Waals surface area contributed by atoms with Gasteiger partial charge < -0.3 is 14.4 Å². The third kappa shape index (κ3) is 2.90. The molecule has 1 aromatic carbocycles. The first kappa shape index (κ1) is 12.6. The molecule has 0 aliphatic carbocycles. The van der Waals surface area contributed by atoms with Crippen LogP contribution in [0.4, 0.5) is 0 Å². The first-order valence-corrected chi connectivity index (χ1v) is 6.02. The number of rotatable bonds is 5. The Bertz CT molecular complexity index is 507. The molecule has 0 radical (unpaired) electrons. The lowest BCUT2D eigenvalue weighted by atomic mass is 10.1. The van der Waals surface area contributed by atoms with Crippen molar-refractivity contribution in [2.75, 3.05) is 0 Å². The van der Waals surface area contributed by atoms with Crippen molar-refractivity contribution in [3.8, 4) is 5.75 Å². The molecule has 4 nitrogen and oxygen atoms in total. The summed E-state index contributed by atoms with van der Waals surface area (Å²) in [5.41, 5.74) is 1.55. The van der Waals surface area contributed by atoms with E-state index in [0.29, 0.717) is 18.8 Å². The number of para-hydroxylation sites is 1. The molecule has 2 aromatic rings. The molecule has 4 heteroatoms. The maximum atomic E-state index is 9.90. The second kappa shape index (κ2) is 5.69. The van der Waals surface area contributed by atoms with Crippen LogP contribution in [0, 0.1) is 6.92 Å². The predicted octanol–water partition coefficient (Wildman–Crippen LogP) is 3.01. The highest BCUT2D eigenvalue weighted by Crippen LogP contribution is 2.27. The van der Waals surface area contributed by atoms with Gasteiger partial charge in [0.25, 0.3) is 0 Å². The summed E-state index contributed by atoms with van der Waals surface area (Å²) >= 11 is 0. The molecule has 0 saturated heterocycles. The molecular formula is C14H17NO3. The van der Waals surface area contributed by atoms with Gasteiger partial charge in [0.15, 0.2) is 0 Å². The van der Waals surface area contributed by atoms with Gasteiger partial charge in [0.1, 0.15) is 23.8 Å². The summed E-state index contributed by atoms with van der Waals surface area (Å²) in [5, 5.41) is 13.8. The van der Waals surface area contributed by atoms with E-state index in [2.05, 4.69) is 5.16 Å². The van der Waals surface area contributed by atoms with Crippen molar-refractivity contribution in [3.05, 3.63) is 47.3 Å². The summed E-state index contributed by atoms with van der Waals surface area (Å²) in [6.45, 7) is 4.11. The number of aromatic nitrogens is 1. The fourth-order valence-corrected chi connectivity index (χ4v) is 1.74. The van der Waals surface area contributed by atoms with Crippen LogP contribution in [0.2, 0.25) is 0 Å². The molecule has 0 aliphatic heterocycles. The average Bonchev–Trinajstić information content (AvgIpc) is 2.81. The molecule has 0 amide bonds. The number of nitrogens with zero attached hydrogens (tertiary/aromatic N) is 1. The van der Waals surface area contributed by atoms with Crippen molar-refractivity contribution in [3.63, 3.8) is 0 Å². The molecule has 0 unspecified atom stereocenters. The SMILES string of the molecule is CC[C@H](O)c1ccccc1OCc1cc(C)on1. The van der Waals surface area contributed by atoms with Crippen LogP contribution < -0.4 is 4.74 Å². The standard InChI is InChI=1S/C14H17NO3/c1-3-13(16)12-6-4-5-7-14(12)17-9-11-8-10(2)18-15-11/h4-8,13,16H,3,9H2,1-2H3/t13-/m0/s1. The van der Waals surface area contributed by atoms with Crippen LogP contribution in [0.3, 0.4) is 0 Å². The molecule has 0 bridgehead atoms. The highest BCUT2D eigenvalue weighted by atomic mass is 16.5. The lowest BCUT2D eigenvalue weighted by molar-refractivity contribution is 0.166. The first-order chi connectivity index (χ1) is 8.70. The normalized spacial score (nSPS) is 12.4. The van der Waals surface area contributed by atoms with Crippen LogP contribution in [0.1, 0.15) is 36.5 Å². The van der Waals surface area contributed by atoms with Crippen LogP contribution in [0.25, 0.3) is 0 Å². The smallest absolute Gasteiger partial charge is 0.134 e. The zero-order valence-corrected chi connectivity index (χ0v) is 10.6. The second-order valence-electron chi connectivity index (χ2n) is 4.18. The van der Waals surface area contributed by atoms with Gasteiger partial charge in [-0.3, -0.25) is 0 Å². The maximum absolute atomic E-state index is 9.90. The first-order valence-electron chi connectivity index (χ1n) is 6.02. The topological polar surface area (TPSA) is 55.5 Å². The zero-order valence-electron chi connectivity index (χ0n) is 10.6. The predicted molar refractivity (Wildman–Crippen MR) is 67.3 cm³/mol. The van der Waals surface area contributed by atoms with Gasteiger partial charge in [0, 0.05) is 11.6 Å². The summed E-state index contributed by atoms with van der Waals surface area (Å²) in [6.07, 6.45) is 0.156. The summed E-state index contributed by atoms with van der Waals surface area (Å²) in [5.74, 6) is 1.45. The maximum Gasteiger partial charge on any atom is 0.134 e. The molecule has 18 heavy (non-hydrogen) atoms. The van der Waals surface area contributed by atoms with Gasteiger partial charge in [-0.2, -0.15) is 0 Å². The highest BCUT2D eigenvalue weighted by molar-refractivity contribution is 5.35. The van der Waals surface area contributed by atoms with E-state index >= 15 is 0 Å². The van der Waals surface area contributed by atoms with E-state index in [1.54, 1.807) is 0 Å². The summed E-state index contributed by atoms with van der Waals surface area (Å²) < 4.78 is 10.6. The lowest BCUT2D eigenvalue weighted by Crippen LogP contribution is -2.02. The molecule has 0 saturated carbocycles. The number of aliphatic hydroxyl groups excluding tert-OH is 1. The molecule has 1 atom stereocenters. The van der Waals surface area contributed by atoms with Crippen LogP contribution in [0.15, 0.2) is 34.9 Å². The average molecular weight is 247 g/mol. The molecule has 0 fully saturated rings. The lowest BCUT2D eigenvalue weighted by Gasteiger charge is -2.14. The number of aryl methyl sites for hydroxylation is 1. The summed E-state index contributed by atoms with van der Waals surface area (Å²) in [6, 6.07) is 9.33. The molecule has 1 N–H and O–H groups in total. The molecule has 1 heterocycles. The highest BCUT2D eigenvalue weighted by Gasteiger charge is 2.11. The Morgan fingerprint density at radius 1 is 1.39 bits per heavy atom. The van der Waals surface area contributed by atoms with Crippen molar-refractivity contribution < 1.29 is 14.4 Å². The number of ether oxygens (including phenoxy) is 1. The van der Waals surface area contributed by atoms with Gasteiger partial charge in [-0.15, -0.1) is 0 Å². The Balaban J connectivity index is 2.09. The third-order valence-electron chi connectivity index (χ3n) is 2.72. The molecule has 96 valence electrons. The Labute approximate surface area is 106 Å². The van der Waals surface area contributed by atoms with E-state index in [0.717, 1.165) is 17.0 Å². The molecule has 2 rings (SSSR count). The Hall–Kier alpha value is -1.81. The Morgan fingerprint density at radius 2 is 2.17 bits per heavy atom. The Morgan fingerprint density at radius 3 is 2.83 bits per heavy atom. The van der Waals surface area contributed by atoms with Gasteiger partial charge >= 0.3 is 0 Å². The van der Waals surface area contributed by atoms with E-state index < -0.39 is 6.10 Å². The van der Waals surface area contributed by atoms with E-state index in [1.165, 1.54) is 0 Å². The number of benzene rings is 1. The van der Waals surface area contributed by atoms with E-state index in [9.17, 15) is 5.11 Å². The van der Waals surface area contributed by atoms with Crippen molar-refractivity contribution in [2.24, 2.45) is 0 Å². The summed E-state index contributed by atoms with van der Waals surface area (Å²) in [4.78, 5) is 0. The van der Waals surface area contributed by atoms with Crippen molar-refractivity contribution >= 4 is 0 Å². The van der Waals surface area contributed by atoms with Crippen molar-refractivity contribution in [1.82, 2.24) is 5.16 Å². The minimum Gasteiger partial charge on any atom is -0.487 e. The molecule has 0 spiro atoms. The minimum absolute atomic E-state index is 0.338.